The Hall–Kier alpha value is 0.372. The Bertz CT molecular complexity index is 734. The Labute approximate surface area is 284 Å². The zero-order chi connectivity index (χ0) is 19.8. The van der Waals surface area contributed by atoms with Gasteiger partial charge in [0.25, 0.3) is 0 Å². The minimum absolute atomic E-state index is 0. The average molecular weight is 685 g/mol. The molecule has 3 rings (SSSR count). The molecule has 0 amide bonds. The van der Waals surface area contributed by atoms with E-state index >= 15 is 0 Å². The molecule has 0 bridgehead atoms. The fraction of sp³-hybridized carbons (Fsp3) is 0.143. The molecule has 0 saturated carbocycles. The van der Waals surface area contributed by atoms with Crippen molar-refractivity contribution < 1.29 is 112 Å². The largest absolute Gasteiger partial charge is 0.665 e. The molecule has 0 fully saturated rings. The number of ether oxygens (including phenoxy) is 3. The van der Waals surface area contributed by atoms with Gasteiger partial charge in [0.2, 0.25) is 0 Å². The van der Waals surface area contributed by atoms with Crippen LogP contribution in [0.25, 0.3) is 0 Å². The Morgan fingerprint density at radius 2 is 0.647 bits per heavy atom. The summed E-state index contributed by atoms with van der Waals surface area (Å²) in [7, 11) is 10.4. The van der Waals surface area contributed by atoms with Crippen LogP contribution in [0.1, 0.15) is 16.7 Å². The second kappa shape index (κ2) is 22.6. The molecule has 3 aromatic rings. The van der Waals surface area contributed by atoms with Crippen LogP contribution in [-0.2, 0) is 117 Å². The third kappa shape index (κ3) is 13.6. The standard InChI is InChI=1S/C25H25O3.3CH3.3Y/c1-26-23-10-4-19(5-11-23)16-22(17-20-6-12-24(27-2)13-7-20)18-21-8-14-25(28-3)15-9-21;;;;;;/h4-15,22H,1-3,16-18H2;3*1H3;;;/q-3;3*-1;;;. The second-order valence-corrected chi connectivity index (χ2v) is 6.84. The van der Waals surface area contributed by atoms with Crippen LogP contribution >= 0.6 is 0 Å². The van der Waals surface area contributed by atoms with Gasteiger partial charge in [-0.25, -0.2) is 0 Å². The van der Waals surface area contributed by atoms with E-state index in [1.54, 1.807) is 0 Å². The number of hydrogen-bond donors (Lipinski definition) is 0. The molecule has 0 aliphatic rings. The predicted molar refractivity (Wildman–Crippen MR) is 131 cm³/mol. The Morgan fingerprint density at radius 1 is 0.441 bits per heavy atom. The van der Waals surface area contributed by atoms with Crippen molar-refractivity contribution in [3.05, 3.63) is 133 Å². The normalized spacial score (nSPS) is 8.82. The van der Waals surface area contributed by atoms with Gasteiger partial charge in [0.1, 0.15) is 0 Å². The molecule has 0 saturated heterocycles. The van der Waals surface area contributed by atoms with Gasteiger partial charge in [-0.05, 0) is 78.3 Å². The predicted octanol–water partition coefficient (Wildman–Crippen LogP) is 7.19. The maximum Gasteiger partial charge on any atom is 0.0843 e. The van der Waals surface area contributed by atoms with Crippen LogP contribution < -0.4 is 14.2 Å². The molecule has 34 heavy (non-hydrogen) atoms. The van der Waals surface area contributed by atoms with E-state index in [9.17, 15) is 0 Å². The molecule has 0 heterocycles. The van der Waals surface area contributed by atoms with E-state index in [2.05, 4.69) is 57.7 Å². The molecule has 0 aromatic heterocycles. The third-order valence-corrected chi connectivity index (χ3v) is 4.84. The van der Waals surface area contributed by atoms with Crippen molar-refractivity contribution in [2.24, 2.45) is 5.92 Å². The summed E-state index contributed by atoms with van der Waals surface area (Å²) in [5.41, 5.74) is 3.84. The van der Waals surface area contributed by atoms with Crippen molar-refractivity contribution in [1.82, 2.24) is 0 Å². The summed E-state index contributed by atoms with van der Waals surface area (Å²) in [4.78, 5) is 0. The quantitative estimate of drug-likeness (QED) is 0.224. The first-order valence-corrected chi connectivity index (χ1v) is 9.23. The maximum absolute atomic E-state index is 5.03. The summed E-state index contributed by atoms with van der Waals surface area (Å²) in [5.74, 6) is 2.76. The van der Waals surface area contributed by atoms with E-state index in [0.717, 1.165) is 36.5 Å². The third-order valence-electron chi connectivity index (χ3n) is 4.84. The summed E-state index contributed by atoms with van der Waals surface area (Å²) in [5, 5.41) is 0. The molecule has 179 valence electrons. The molecule has 3 nitrogen and oxygen atoms in total. The Morgan fingerprint density at radius 3 is 0.824 bits per heavy atom. The minimum Gasteiger partial charge on any atom is -0.665 e. The van der Waals surface area contributed by atoms with Crippen LogP contribution in [0.15, 0.2) is 72.8 Å². The van der Waals surface area contributed by atoms with E-state index in [1.807, 2.05) is 36.4 Å². The van der Waals surface area contributed by atoms with Gasteiger partial charge in [-0.3, -0.25) is 0 Å². The van der Waals surface area contributed by atoms with Crippen molar-refractivity contribution in [3.63, 3.8) is 0 Å². The van der Waals surface area contributed by atoms with Crippen molar-refractivity contribution in [2.75, 3.05) is 0 Å². The van der Waals surface area contributed by atoms with Gasteiger partial charge in [-0.15, -0.1) is 0 Å². The van der Waals surface area contributed by atoms with Gasteiger partial charge in [0.05, 0.1) is 17.2 Å². The zero-order valence-electron chi connectivity index (χ0n) is 20.7. The van der Waals surface area contributed by atoms with Gasteiger partial charge in [0, 0.05) is 98.1 Å². The maximum atomic E-state index is 5.03. The van der Waals surface area contributed by atoms with E-state index in [1.165, 1.54) is 16.7 Å². The molecule has 6 heteroatoms. The van der Waals surface area contributed by atoms with Gasteiger partial charge >= 0.3 is 0 Å². The molecule has 0 aliphatic carbocycles. The van der Waals surface area contributed by atoms with Crippen molar-refractivity contribution >= 4 is 0 Å². The van der Waals surface area contributed by atoms with Gasteiger partial charge in [-0.1, -0.05) is 36.4 Å². The molecule has 0 aliphatic heterocycles. The van der Waals surface area contributed by atoms with Gasteiger partial charge < -0.3 is 36.5 Å². The van der Waals surface area contributed by atoms with Gasteiger partial charge in [0.15, 0.2) is 0 Å². The molecular formula is C28H34O3Y3-6. The average Bonchev–Trinajstić information content (AvgIpc) is 2.75. The molecule has 3 radical (unpaired) electrons. The summed E-state index contributed by atoms with van der Waals surface area (Å²) in [6.07, 6.45) is 2.91. The fourth-order valence-electron chi connectivity index (χ4n) is 3.38. The van der Waals surface area contributed by atoms with Crippen LogP contribution in [0.3, 0.4) is 0 Å². The van der Waals surface area contributed by atoms with Crippen LogP contribution in [0.5, 0.6) is 17.2 Å². The van der Waals surface area contributed by atoms with E-state index in [0.29, 0.717) is 5.92 Å². The first-order valence-electron chi connectivity index (χ1n) is 9.23. The van der Waals surface area contributed by atoms with Crippen LogP contribution in [-0.4, -0.2) is 0 Å². The molecule has 0 atom stereocenters. The SMILES string of the molecule is [CH2-]Oc1ccc(CC(Cc2ccc(O[CH2-])cc2)Cc2ccc(O[CH2-])cc2)cc1.[CH3-].[CH3-].[CH3-].[Y].[Y].[Y]. The molecule has 3 aromatic carbocycles. The molecule has 0 spiro atoms. The van der Waals surface area contributed by atoms with Crippen LogP contribution in [0.4, 0.5) is 0 Å². The van der Waals surface area contributed by atoms with Crippen LogP contribution in [0.2, 0.25) is 0 Å². The van der Waals surface area contributed by atoms with Crippen molar-refractivity contribution in [1.29, 1.82) is 0 Å². The Balaban J connectivity index is -0.000000750. The molecular weight excluding hydrogens is 651 g/mol. The minimum atomic E-state index is 0. The van der Waals surface area contributed by atoms with Crippen LogP contribution in [0, 0.1) is 49.5 Å². The first-order chi connectivity index (χ1) is 13.7. The van der Waals surface area contributed by atoms with E-state index in [-0.39, 0.29) is 120 Å². The summed E-state index contributed by atoms with van der Waals surface area (Å²) in [6, 6.07) is 24.4. The fourth-order valence-corrected chi connectivity index (χ4v) is 3.38. The number of benzene rings is 3. The molecule has 0 unspecified atom stereocenters. The summed E-state index contributed by atoms with van der Waals surface area (Å²) in [6.45, 7) is 0. The second-order valence-electron chi connectivity index (χ2n) is 6.84. The van der Waals surface area contributed by atoms with E-state index in [4.69, 9.17) is 14.2 Å². The first kappa shape index (κ1) is 41.5. The Kier molecular flexibility index (Phi) is 27.5. The molecule has 0 N–H and O–H groups in total. The van der Waals surface area contributed by atoms with E-state index < -0.39 is 0 Å². The zero-order valence-corrected chi connectivity index (χ0v) is 29.2. The smallest absolute Gasteiger partial charge is 0.0843 e. The summed E-state index contributed by atoms with van der Waals surface area (Å²) >= 11 is 0. The van der Waals surface area contributed by atoms with Crippen molar-refractivity contribution in [3.8, 4) is 17.2 Å². The summed E-state index contributed by atoms with van der Waals surface area (Å²) < 4.78 is 15.1. The van der Waals surface area contributed by atoms with Crippen molar-refractivity contribution in [2.45, 2.75) is 19.3 Å². The van der Waals surface area contributed by atoms with Gasteiger partial charge in [-0.2, -0.15) is 21.3 Å². The number of rotatable bonds is 9. The topological polar surface area (TPSA) is 27.7 Å². The monoisotopic (exact) mass is 685 g/mol. The number of hydrogen-bond acceptors (Lipinski definition) is 3.